The van der Waals surface area contributed by atoms with Gasteiger partial charge < -0.3 is 5.32 Å². The van der Waals surface area contributed by atoms with E-state index >= 15 is 0 Å². The normalized spacial score (nSPS) is 17.1. The molecule has 1 amide bonds. The van der Waals surface area contributed by atoms with Crippen molar-refractivity contribution in [3.05, 3.63) is 63.7 Å². The van der Waals surface area contributed by atoms with Gasteiger partial charge in [0.1, 0.15) is 0 Å². The summed E-state index contributed by atoms with van der Waals surface area (Å²) in [5.41, 5.74) is 4.25. The van der Waals surface area contributed by atoms with Gasteiger partial charge in [-0.1, -0.05) is 30.0 Å². The lowest BCUT2D eigenvalue weighted by atomic mass is 10.1. The maximum absolute atomic E-state index is 13.0. The average Bonchev–Trinajstić information content (AvgIpc) is 3.52. The molecule has 1 aliphatic carbocycles. The Morgan fingerprint density at radius 3 is 3.03 bits per heavy atom. The van der Waals surface area contributed by atoms with Crippen molar-refractivity contribution >= 4 is 39.7 Å². The van der Waals surface area contributed by atoms with Crippen LogP contribution in [0.3, 0.4) is 0 Å². The first kappa shape index (κ1) is 18.8. The first-order chi connectivity index (χ1) is 15.2. The van der Waals surface area contributed by atoms with Gasteiger partial charge in [0.2, 0.25) is 5.91 Å². The number of hydrogen-bond donors (Lipinski definition) is 1. The van der Waals surface area contributed by atoms with E-state index in [1.165, 1.54) is 0 Å². The lowest BCUT2D eigenvalue weighted by Gasteiger charge is -2.15. The third-order valence-corrected chi connectivity index (χ3v) is 7.73. The Hall–Kier alpha value is -2.91. The summed E-state index contributed by atoms with van der Waals surface area (Å²) in [7, 11) is 0. The zero-order valence-corrected chi connectivity index (χ0v) is 18.2. The van der Waals surface area contributed by atoms with Crippen molar-refractivity contribution in [2.45, 2.75) is 36.9 Å². The number of thiazole rings is 1. The summed E-state index contributed by atoms with van der Waals surface area (Å²) < 4.78 is 3.72. The van der Waals surface area contributed by atoms with Gasteiger partial charge in [0.05, 0.1) is 23.1 Å². The molecular weight excluding hydrogens is 430 g/mol. The van der Waals surface area contributed by atoms with Gasteiger partial charge in [-0.2, -0.15) is 0 Å². The monoisotopic (exact) mass is 449 g/mol. The van der Waals surface area contributed by atoms with Gasteiger partial charge in [0, 0.05) is 41.1 Å². The second kappa shape index (κ2) is 7.35. The summed E-state index contributed by atoms with van der Waals surface area (Å²) in [4.78, 5) is 36.2. The molecule has 2 aliphatic rings. The molecule has 156 valence electrons. The van der Waals surface area contributed by atoms with Gasteiger partial charge in [-0.3, -0.25) is 18.6 Å². The van der Waals surface area contributed by atoms with E-state index in [4.69, 9.17) is 4.98 Å². The number of thioether (sulfide) groups is 1. The highest BCUT2D eigenvalue weighted by Gasteiger charge is 2.31. The number of aryl methyl sites for hydroxylation is 1. The predicted octanol–water partition coefficient (Wildman–Crippen LogP) is 3.78. The fourth-order valence-corrected chi connectivity index (χ4v) is 6.24. The summed E-state index contributed by atoms with van der Waals surface area (Å²) in [6, 6.07) is 7.51. The van der Waals surface area contributed by atoms with Crippen LogP contribution in [0.5, 0.6) is 0 Å². The molecule has 1 unspecified atom stereocenters. The minimum absolute atomic E-state index is 0.0405. The Morgan fingerprint density at radius 2 is 2.13 bits per heavy atom. The minimum atomic E-state index is -0.170. The number of nitrogens with zero attached hydrogens (tertiary/aromatic N) is 4. The standard InChI is InChI=1S/C22H19N5O2S2/c28-19(10-13-12-31-22-24-17-7-3-5-15(17)20(29)27(13)22)23-16-6-2-1-4-14(16)18-11-26-8-9-30-21(26)25-18/h1-2,4,6,8-9,11,13H,3,5,7,10,12H2,(H,23,28). The van der Waals surface area contributed by atoms with Crippen LogP contribution in [-0.2, 0) is 17.6 Å². The zero-order valence-electron chi connectivity index (χ0n) is 16.6. The number of aromatic nitrogens is 4. The molecule has 4 aromatic rings. The number of anilines is 1. The number of amides is 1. The molecule has 31 heavy (non-hydrogen) atoms. The highest BCUT2D eigenvalue weighted by Crippen LogP contribution is 2.35. The van der Waals surface area contributed by atoms with E-state index in [1.807, 2.05) is 46.4 Å². The zero-order chi connectivity index (χ0) is 20.9. The molecule has 3 aromatic heterocycles. The van der Waals surface area contributed by atoms with Crippen LogP contribution < -0.4 is 10.9 Å². The Labute approximate surface area is 186 Å². The van der Waals surface area contributed by atoms with E-state index in [-0.39, 0.29) is 23.9 Å². The molecule has 1 N–H and O–H groups in total. The number of carbonyl (C=O) groups excluding carboxylic acids is 1. The number of hydrogen-bond acceptors (Lipinski definition) is 6. The molecule has 4 heterocycles. The number of carbonyl (C=O) groups is 1. The molecule has 0 saturated carbocycles. The molecule has 0 radical (unpaired) electrons. The minimum Gasteiger partial charge on any atom is -0.325 e. The molecule has 0 spiro atoms. The molecule has 1 aromatic carbocycles. The van der Waals surface area contributed by atoms with Crippen LogP contribution in [0.15, 0.2) is 52.0 Å². The first-order valence-corrected chi connectivity index (χ1v) is 12.1. The number of benzene rings is 1. The van der Waals surface area contributed by atoms with Crippen molar-refractivity contribution in [2.75, 3.05) is 11.1 Å². The maximum Gasteiger partial charge on any atom is 0.257 e. The predicted molar refractivity (Wildman–Crippen MR) is 122 cm³/mol. The van der Waals surface area contributed by atoms with Crippen molar-refractivity contribution in [3.8, 4) is 11.3 Å². The summed E-state index contributed by atoms with van der Waals surface area (Å²) >= 11 is 3.14. The van der Waals surface area contributed by atoms with Crippen LogP contribution in [0.1, 0.15) is 30.1 Å². The van der Waals surface area contributed by atoms with E-state index in [9.17, 15) is 9.59 Å². The smallest absolute Gasteiger partial charge is 0.257 e. The lowest BCUT2D eigenvalue weighted by molar-refractivity contribution is -0.116. The summed E-state index contributed by atoms with van der Waals surface area (Å²) in [6.45, 7) is 0. The fraction of sp³-hybridized carbons (Fsp3) is 0.273. The Kier molecular flexibility index (Phi) is 4.46. The van der Waals surface area contributed by atoms with E-state index in [2.05, 4.69) is 10.3 Å². The van der Waals surface area contributed by atoms with Crippen LogP contribution in [0.2, 0.25) is 0 Å². The quantitative estimate of drug-likeness (QED) is 0.480. The van der Waals surface area contributed by atoms with Crippen molar-refractivity contribution in [2.24, 2.45) is 0 Å². The summed E-state index contributed by atoms with van der Waals surface area (Å²) in [5, 5.41) is 5.79. The largest absolute Gasteiger partial charge is 0.325 e. The third kappa shape index (κ3) is 3.19. The van der Waals surface area contributed by atoms with E-state index < -0.39 is 0 Å². The number of rotatable bonds is 4. The topological polar surface area (TPSA) is 81.3 Å². The van der Waals surface area contributed by atoms with Crippen molar-refractivity contribution in [3.63, 3.8) is 0 Å². The van der Waals surface area contributed by atoms with Gasteiger partial charge in [-0.05, 0) is 25.3 Å². The van der Waals surface area contributed by atoms with Crippen molar-refractivity contribution in [1.29, 1.82) is 0 Å². The molecular formula is C22H19N5O2S2. The lowest BCUT2D eigenvalue weighted by Crippen LogP contribution is -2.30. The van der Waals surface area contributed by atoms with Gasteiger partial charge in [-0.25, -0.2) is 9.97 Å². The first-order valence-electron chi connectivity index (χ1n) is 10.3. The molecule has 0 bridgehead atoms. The molecule has 7 nitrogen and oxygen atoms in total. The van der Waals surface area contributed by atoms with Crippen molar-refractivity contribution in [1.82, 2.24) is 18.9 Å². The summed E-state index contributed by atoms with van der Waals surface area (Å²) in [6.07, 6.45) is 6.83. The van der Waals surface area contributed by atoms with E-state index in [1.54, 1.807) is 27.7 Å². The van der Waals surface area contributed by atoms with Crippen LogP contribution in [-0.4, -0.2) is 30.6 Å². The molecule has 0 saturated heterocycles. The highest BCUT2D eigenvalue weighted by atomic mass is 32.2. The van der Waals surface area contributed by atoms with Gasteiger partial charge in [0.15, 0.2) is 10.1 Å². The SMILES string of the molecule is O=C(CC1CSc2nc3c(c(=O)n21)CCC3)Nc1ccccc1-c1cn2ccsc2n1. The Morgan fingerprint density at radius 1 is 1.23 bits per heavy atom. The second-order valence-corrected chi connectivity index (χ2v) is 9.69. The van der Waals surface area contributed by atoms with Crippen LogP contribution in [0, 0.1) is 0 Å². The molecule has 6 rings (SSSR count). The number of para-hydroxylation sites is 1. The number of nitrogens with one attached hydrogen (secondary N) is 1. The second-order valence-electron chi connectivity index (χ2n) is 7.83. The van der Waals surface area contributed by atoms with Crippen LogP contribution in [0.4, 0.5) is 5.69 Å². The number of fused-ring (bicyclic) bond motifs is 3. The Balaban J connectivity index is 1.25. The maximum atomic E-state index is 13.0. The molecule has 9 heteroatoms. The van der Waals surface area contributed by atoms with Gasteiger partial charge in [0.25, 0.3) is 5.56 Å². The molecule has 1 aliphatic heterocycles. The van der Waals surface area contributed by atoms with Gasteiger partial charge >= 0.3 is 0 Å². The Bertz CT molecular complexity index is 1360. The van der Waals surface area contributed by atoms with E-state index in [0.717, 1.165) is 57.6 Å². The highest BCUT2D eigenvalue weighted by molar-refractivity contribution is 7.99. The summed E-state index contributed by atoms with van der Waals surface area (Å²) in [5.74, 6) is 0.580. The van der Waals surface area contributed by atoms with E-state index in [0.29, 0.717) is 5.75 Å². The van der Waals surface area contributed by atoms with Crippen LogP contribution >= 0.6 is 23.1 Å². The number of imidazole rings is 1. The average molecular weight is 450 g/mol. The molecule has 1 atom stereocenters. The fourth-order valence-electron chi connectivity index (χ4n) is 4.39. The van der Waals surface area contributed by atoms with Crippen molar-refractivity contribution < 1.29 is 4.79 Å². The van der Waals surface area contributed by atoms with Gasteiger partial charge in [-0.15, -0.1) is 11.3 Å². The van der Waals surface area contributed by atoms with Crippen LogP contribution in [0.25, 0.3) is 16.2 Å². The third-order valence-electron chi connectivity index (χ3n) is 5.86. The molecule has 0 fully saturated rings.